The second-order valence-corrected chi connectivity index (χ2v) is 4.74. The number of carbonyl (C=O) groups excluding carboxylic acids is 1. The van der Waals surface area contributed by atoms with Crippen LogP contribution in [0.3, 0.4) is 0 Å². The average molecular weight is 252 g/mol. The fourth-order valence-electron chi connectivity index (χ4n) is 0.960. The van der Waals surface area contributed by atoms with E-state index in [0.717, 1.165) is 0 Å². The summed E-state index contributed by atoms with van der Waals surface area (Å²) in [5.74, 6) is -0.756. The quantitative estimate of drug-likeness (QED) is 0.733. The number of alkyl carbamates (subject to hydrolysis) is 1. The molecule has 6 heteroatoms. The van der Waals surface area contributed by atoms with E-state index in [1.165, 1.54) is 0 Å². The number of rotatable bonds is 5. The van der Waals surface area contributed by atoms with Crippen LogP contribution in [0.25, 0.3) is 0 Å². The molecule has 0 aromatic heterocycles. The molecular weight excluding hydrogens is 234 g/mol. The third-order valence-electron chi connectivity index (χ3n) is 1.61. The first-order valence-corrected chi connectivity index (χ1v) is 5.55. The van der Waals surface area contributed by atoms with Crippen molar-refractivity contribution in [1.29, 1.82) is 0 Å². The van der Waals surface area contributed by atoms with Crippen LogP contribution in [0.1, 0.15) is 33.6 Å². The minimum absolute atomic E-state index is 0.0345. The second-order valence-electron chi connectivity index (χ2n) is 4.43. The van der Waals surface area contributed by atoms with Crippen LogP contribution < -0.4 is 5.32 Å². The molecule has 16 heavy (non-hydrogen) atoms. The third-order valence-corrected chi connectivity index (χ3v) is 1.99. The molecule has 0 aliphatic carbocycles. The highest BCUT2D eigenvalue weighted by molar-refractivity contribution is 6.18. The van der Waals surface area contributed by atoms with E-state index in [9.17, 15) is 9.59 Å². The highest BCUT2D eigenvalue weighted by Gasteiger charge is 2.19. The first kappa shape index (κ1) is 15.0. The number of amides is 1. The SMILES string of the molecule is CC(C)(C)OC(=O)N[C@@H](CCl)CCC(=O)O. The van der Waals surface area contributed by atoms with Gasteiger partial charge < -0.3 is 15.2 Å². The number of hydrogen-bond donors (Lipinski definition) is 2. The molecule has 0 fully saturated rings. The summed E-state index contributed by atoms with van der Waals surface area (Å²) >= 11 is 5.60. The lowest BCUT2D eigenvalue weighted by Gasteiger charge is -2.22. The van der Waals surface area contributed by atoms with E-state index in [1.807, 2.05) is 0 Å². The summed E-state index contributed by atoms with van der Waals surface area (Å²) in [4.78, 5) is 21.7. The highest BCUT2D eigenvalue weighted by atomic mass is 35.5. The average Bonchev–Trinajstić information content (AvgIpc) is 2.08. The fraction of sp³-hybridized carbons (Fsp3) is 0.800. The molecule has 5 nitrogen and oxygen atoms in total. The number of carboxylic acid groups (broad SMARTS) is 1. The van der Waals surface area contributed by atoms with Crippen molar-refractivity contribution < 1.29 is 19.4 Å². The van der Waals surface area contributed by atoms with Gasteiger partial charge in [0.05, 0.1) is 0 Å². The lowest BCUT2D eigenvalue weighted by Crippen LogP contribution is -2.40. The van der Waals surface area contributed by atoms with Gasteiger partial charge >= 0.3 is 12.1 Å². The van der Waals surface area contributed by atoms with Gasteiger partial charge in [-0.05, 0) is 27.2 Å². The van der Waals surface area contributed by atoms with Gasteiger partial charge in [-0.15, -0.1) is 11.6 Å². The van der Waals surface area contributed by atoms with Gasteiger partial charge in [0, 0.05) is 18.3 Å². The third kappa shape index (κ3) is 8.35. The van der Waals surface area contributed by atoms with Crippen LogP contribution in [0, 0.1) is 0 Å². The van der Waals surface area contributed by atoms with Crippen molar-refractivity contribution in [1.82, 2.24) is 5.32 Å². The molecule has 0 bridgehead atoms. The number of alkyl halides is 1. The Morgan fingerprint density at radius 1 is 1.44 bits per heavy atom. The standard InChI is InChI=1S/C10H18ClNO4/c1-10(2,3)16-9(15)12-7(6-11)4-5-8(13)14/h7H,4-6H2,1-3H3,(H,12,15)(H,13,14)/t7-/m1/s1. The number of ether oxygens (including phenoxy) is 1. The van der Waals surface area contributed by atoms with Crippen molar-refractivity contribution >= 4 is 23.7 Å². The van der Waals surface area contributed by atoms with Gasteiger partial charge in [-0.2, -0.15) is 0 Å². The van der Waals surface area contributed by atoms with Gasteiger partial charge in [-0.3, -0.25) is 4.79 Å². The normalized spacial score (nSPS) is 13.0. The Kier molecular flexibility index (Phi) is 6.18. The van der Waals surface area contributed by atoms with Crippen molar-refractivity contribution in [2.45, 2.75) is 45.3 Å². The van der Waals surface area contributed by atoms with E-state index in [4.69, 9.17) is 21.4 Å². The molecule has 0 spiro atoms. The van der Waals surface area contributed by atoms with Crippen LogP contribution in [-0.2, 0) is 9.53 Å². The molecule has 0 unspecified atom stereocenters. The van der Waals surface area contributed by atoms with Crippen molar-refractivity contribution in [3.8, 4) is 0 Å². The Morgan fingerprint density at radius 2 is 2.00 bits per heavy atom. The molecule has 0 aliphatic heterocycles. The number of aliphatic carboxylic acids is 1. The Balaban J connectivity index is 4.02. The molecule has 94 valence electrons. The zero-order chi connectivity index (χ0) is 12.8. The number of carbonyl (C=O) groups is 2. The second kappa shape index (κ2) is 6.58. The molecule has 0 aliphatic rings. The smallest absolute Gasteiger partial charge is 0.407 e. The molecule has 1 amide bonds. The van der Waals surface area contributed by atoms with Crippen molar-refractivity contribution in [3.05, 3.63) is 0 Å². The topological polar surface area (TPSA) is 75.6 Å². The molecule has 0 saturated carbocycles. The number of hydrogen-bond acceptors (Lipinski definition) is 3. The minimum atomic E-state index is -0.916. The summed E-state index contributed by atoms with van der Waals surface area (Å²) in [7, 11) is 0. The molecule has 0 aromatic carbocycles. The zero-order valence-corrected chi connectivity index (χ0v) is 10.5. The zero-order valence-electron chi connectivity index (χ0n) is 9.75. The summed E-state index contributed by atoms with van der Waals surface area (Å²) in [6.45, 7) is 5.25. The Hall–Kier alpha value is -0.970. The predicted octanol–water partition coefficient (Wildman–Crippen LogP) is 1.98. The first-order chi connectivity index (χ1) is 7.24. The largest absolute Gasteiger partial charge is 0.481 e. The molecule has 0 saturated heterocycles. The van der Waals surface area contributed by atoms with Gasteiger partial charge in [0.25, 0.3) is 0 Å². The van der Waals surface area contributed by atoms with E-state index in [-0.39, 0.29) is 24.8 Å². The van der Waals surface area contributed by atoms with Gasteiger partial charge in [0.2, 0.25) is 0 Å². The minimum Gasteiger partial charge on any atom is -0.481 e. The van der Waals surface area contributed by atoms with E-state index in [2.05, 4.69) is 5.32 Å². The summed E-state index contributed by atoms with van der Waals surface area (Å²) < 4.78 is 5.02. The molecule has 0 heterocycles. The van der Waals surface area contributed by atoms with Crippen LogP contribution in [0.4, 0.5) is 4.79 Å². The number of halogens is 1. The predicted molar refractivity (Wildman–Crippen MR) is 60.7 cm³/mol. The van der Waals surface area contributed by atoms with Gasteiger partial charge in [-0.1, -0.05) is 0 Å². The maximum Gasteiger partial charge on any atom is 0.407 e. The van der Waals surface area contributed by atoms with Crippen LogP contribution >= 0.6 is 11.6 Å². The van der Waals surface area contributed by atoms with E-state index < -0.39 is 17.7 Å². The number of nitrogens with one attached hydrogen (secondary N) is 1. The van der Waals surface area contributed by atoms with Crippen molar-refractivity contribution in [2.24, 2.45) is 0 Å². The first-order valence-electron chi connectivity index (χ1n) is 5.02. The van der Waals surface area contributed by atoms with E-state index >= 15 is 0 Å². The summed E-state index contributed by atoms with van der Waals surface area (Å²) in [6, 6.07) is -0.382. The Labute approximate surface area is 100 Å². The fourth-order valence-corrected chi connectivity index (χ4v) is 1.19. The molecule has 0 rings (SSSR count). The highest BCUT2D eigenvalue weighted by Crippen LogP contribution is 2.08. The van der Waals surface area contributed by atoms with E-state index in [1.54, 1.807) is 20.8 Å². The summed E-state index contributed by atoms with van der Waals surface area (Å²) in [6.07, 6.45) is -0.325. The molecular formula is C10H18ClNO4. The molecule has 2 N–H and O–H groups in total. The maximum atomic E-state index is 11.3. The van der Waals surface area contributed by atoms with Crippen LogP contribution in [0.5, 0.6) is 0 Å². The Morgan fingerprint density at radius 3 is 2.38 bits per heavy atom. The summed E-state index contributed by atoms with van der Waals surface area (Å²) in [5.41, 5.74) is -0.576. The summed E-state index contributed by atoms with van der Waals surface area (Å²) in [5, 5.41) is 11.0. The van der Waals surface area contributed by atoms with Crippen LogP contribution in [-0.4, -0.2) is 34.7 Å². The molecule has 1 atom stereocenters. The van der Waals surface area contributed by atoms with Crippen LogP contribution in [0.15, 0.2) is 0 Å². The van der Waals surface area contributed by atoms with Gasteiger partial charge in [0.15, 0.2) is 0 Å². The number of carboxylic acids is 1. The maximum absolute atomic E-state index is 11.3. The lowest BCUT2D eigenvalue weighted by molar-refractivity contribution is -0.137. The Bertz CT molecular complexity index is 250. The van der Waals surface area contributed by atoms with Crippen molar-refractivity contribution in [3.63, 3.8) is 0 Å². The molecule has 0 radical (unpaired) electrons. The van der Waals surface area contributed by atoms with Gasteiger partial charge in [0.1, 0.15) is 5.60 Å². The van der Waals surface area contributed by atoms with E-state index in [0.29, 0.717) is 0 Å². The monoisotopic (exact) mass is 251 g/mol. The van der Waals surface area contributed by atoms with Crippen molar-refractivity contribution in [2.75, 3.05) is 5.88 Å². The molecule has 0 aromatic rings. The lowest BCUT2D eigenvalue weighted by atomic mass is 10.2. The van der Waals surface area contributed by atoms with Gasteiger partial charge in [-0.25, -0.2) is 4.79 Å². The van der Waals surface area contributed by atoms with Crippen LogP contribution in [0.2, 0.25) is 0 Å².